The summed E-state index contributed by atoms with van der Waals surface area (Å²) in [6.07, 6.45) is 2.88. The Labute approximate surface area is 139 Å². The first-order chi connectivity index (χ1) is 11.6. The Kier molecular flexibility index (Phi) is 4.74. The van der Waals surface area contributed by atoms with Crippen LogP contribution >= 0.6 is 0 Å². The first kappa shape index (κ1) is 16.4. The zero-order valence-electron chi connectivity index (χ0n) is 13.6. The van der Waals surface area contributed by atoms with Gasteiger partial charge in [0.25, 0.3) is 5.56 Å². The molecule has 0 atom stereocenters. The molecule has 1 aromatic heterocycles. The van der Waals surface area contributed by atoms with Crippen LogP contribution in [0.1, 0.15) is 37.4 Å². The maximum atomic E-state index is 13.4. The number of carbonyl (C=O) groups is 1. The Hall–Kier alpha value is -2.50. The number of carbonyl (C=O) groups excluding carboxylic acids is 1. The van der Waals surface area contributed by atoms with Crippen molar-refractivity contribution in [3.8, 4) is 11.4 Å². The molecule has 24 heavy (non-hydrogen) atoms. The summed E-state index contributed by atoms with van der Waals surface area (Å²) in [4.78, 5) is 33.5. The van der Waals surface area contributed by atoms with E-state index in [2.05, 4.69) is 9.97 Å². The lowest BCUT2D eigenvalue weighted by Crippen LogP contribution is -2.39. The fourth-order valence-electron chi connectivity index (χ4n) is 2.90. The maximum absolute atomic E-state index is 13.4. The number of nitrogens with zero attached hydrogens (tertiary/aromatic N) is 2. The predicted octanol–water partition coefficient (Wildman–Crippen LogP) is 2.65. The molecule has 5 nitrogen and oxygen atoms in total. The third-order valence-electron chi connectivity index (χ3n) is 4.26. The largest absolute Gasteiger partial charge is 0.338 e. The summed E-state index contributed by atoms with van der Waals surface area (Å²) < 4.78 is 13.4. The van der Waals surface area contributed by atoms with Crippen molar-refractivity contribution in [2.75, 3.05) is 6.54 Å². The van der Waals surface area contributed by atoms with Crippen LogP contribution in [0.2, 0.25) is 0 Å². The van der Waals surface area contributed by atoms with Gasteiger partial charge in [0.2, 0.25) is 5.91 Å². The number of benzene rings is 1. The van der Waals surface area contributed by atoms with Crippen LogP contribution in [0.5, 0.6) is 0 Å². The number of halogens is 1. The summed E-state index contributed by atoms with van der Waals surface area (Å²) in [6.45, 7) is 2.90. The molecule has 1 N–H and O–H groups in total. The third-order valence-corrected chi connectivity index (χ3v) is 4.26. The highest BCUT2D eigenvalue weighted by molar-refractivity contribution is 5.76. The summed E-state index contributed by atoms with van der Waals surface area (Å²) in [5, 5.41) is 0. The number of rotatable bonds is 4. The number of unbranched alkanes of at least 4 members (excludes halogenated alkanes) is 1. The lowest BCUT2D eigenvalue weighted by atomic mass is 10.1. The zero-order chi connectivity index (χ0) is 17.1. The molecule has 1 aliphatic rings. The standard InChI is InChI=1S/C18H20FN3O2/c1-2-3-7-16(23)22-9-8-15-14(11-22)18(24)21-17(20-15)12-5-4-6-13(19)10-12/h4-6,10H,2-3,7-9,11H2,1H3,(H,20,21,24). The van der Waals surface area contributed by atoms with Gasteiger partial charge >= 0.3 is 0 Å². The number of fused-ring (bicyclic) bond motifs is 1. The van der Waals surface area contributed by atoms with E-state index < -0.39 is 0 Å². The van der Waals surface area contributed by atoms with Crippen molar-refractivity contribution in [1.82, 2.24) is 14.9 Å². The van der Waals surface area contributed by atoms with E-state index in [1.807, 2.05) is 6.92 Å². The molecule has 0 aliphatic carbocycles. The second kappa shape index (κ2) is 6.95. The monoisotopic (exact) mass is 329 g/mol. The van der Waals surface area contributed by atoms with E-state index >= 15 is 0 Å². The fraction of sp³-hybridized carbons (Fsp3) is 0.389. The first-order valence-corrected chi connectivity index (χ1v) is 8.24. The number of amides is 1. The van der Waals surface area contributed by atoms with E-state index in [9.17, 15) is 14.0 Å². The van der Waals surface area contributed by atoms with Gasteiger partial charge in [-0.05, 0) is 18.6 Å². The topological polar surface area (TPSA) is 66.1 Å². The van der Waals surface area contributed by atoms with Crippen molar-refractivity contribution in [1.29, 1.82) is 0 Å². The number of nitrogens with one attached hydrogen (secondary N) is 1. The molecule has 0 unspecified atom stereocenters. The smallest absolute Gasteiger partial charge is 0.256 e. The maximum Gasteiger partial charge on any atom is 0.256 e. The average Bonchev–Trinajstić information content (AvgIpc) is 2.59. The van der Waals surface area contributed by atoms with Gasteiger partial charge in [0.1, 0.15) is 11.6 Å². The molecular formula is C18H20FN3O2. The molecule has 126 valence electrons. The van der Waals surface area contributed by atoms with Gasteiger partial charge in [-0.15, -0.1) is 0 Å². The number of aromatic nitrogens is 2. The molecule has 1 amide bonds. The van der Waals surface area contributed by atoms with Crippen LogP contribution in [-0.2, 0) is 17.8 Å². The van der Waals surface area contributed by atoms with Crippen LogP contribution in [0.3, 0.4) is 0 Å². The summed E-state index contributed by atoms with van der Waals surface area (Å²) in [5.74, 6) is 0.0701. The summed E-state index contributed by atoms with van der Waals surface area (Å²) in [6, 6.07) is 5.98. The van der Waals surface area contributed by atoms with E-state index in [-0.39, 0.29) is 17.3 Å². The molecule has 2 heterocycles. The minimum Gasteiger partial charge on any atom is -0.338 e. The SMILES string of the molecule is CCCCC(=O)N1CCc2nc(-c3cccc(F)c3)[nH]c(=O)c2C1. The van der Waals surface area contributed by atoms with Crippen molar-refractivity contribution in [3.63, 3.8) is 0 Å². The minimum absolute atomic E-state index is 0.0797. The molecular weight excluding hydrogens is 309 g/mol. The first-order valence-electron chi connectivity index (χ1n) is 8.24. The molecule has 0 bridgehead atoms. The van der Waals surface area contributed by atoms with Crippen LogP contribution in [0.25, 0.3) is 11.4 Å². The molecule has 0 spiro atoms. The summed E-state index contributed by atoms with van der Waals surface area (Å²) in [7, 11) is 0. The van der Waals surface area contributed by atoms with Crippen LogP contribution < -0.4 is 5.56 Å². The van der Waals surface area contributed by atoms with Crippen LogP contribution in [0.4, 0.5) is 4.39 Å². The molecule has 6 heteroatoms. The number of hydrogen-bond acceptors (Lipinski definition) is 3. The van der Waals surface area contributed by atoms with Crippen molar-refractivity contribution in [3.05, 3.63) is 51.7 Å². The highest BCUT2D eigenvalue weighted by Crippen LogP contribution is 2.20. The average molecular weight is 329 g/mol. The minimum atomic E-state index is -0.374. The lowest BCUT2D eigenvalue weighted by Gasteiger charge is -2.28. The Bertz CT molecular complexity index is 816. The van der Waals surface area contributed by atoms with Gasteiger partial charge in [0, 0.05) is 24.9 Å². The molecule has 0 fully saturated rings. The Morgan fingerprint density at radius 2 is 2.25 bits per heavy atom. The second-order valence-corrected chi connectivity index (χ2v) is 6.02. The van der Waals surface area contributed by atoms with Gasteiger partial charge in [0.05, 0.1) is 17.8 Å². The third kappa shape index (κ3) is 3.37. The van der Waals surface area contributed by atoms with Gasteiger partial charge in [-0.3, -0.25) is 9.59 Å². The number of H-pyrrole nitrogens is 1. The number of hydrogen-bond donors (Lipinski definition) is 1. The van der Waals surface area contributed by atoms with Crippen LogP contribution in [0, 0.1) is 5.82 Å². The predicted molar refractivity (Wildman–Crippen MR) is 88.9 cm³/mol. The van der Waals surface area contributed by atoms with E-state index in [0.717, 1.165) is 12.8 Å². The number of aromatic amines is 1. The highest BCUT2D eigenvalue weighted by atomic mass is 19.1. The van der Waals surface area contributed by atoms with Gasteiger partial charge < -0.3 is 9.88 Å². The zero-order valence-corrected chi connectivity index (χ0v) is 13.6. The Morgan fingerprint density at radius 3 is 3.00 bits per heavy atom. The molecule has 0 radical (unpaired) electrons. The molecule has 0 saturated carbocycles. The van der Waals surface area contributed by atoms with E-state index in [4.69, 9.17) is 0 Å². The van der Waals surface area contributed by atoms with Crippen LogP contribution in [0.15, 0.2) is 29.1 Å². The van der Waals surface area contributed by atoms with Crippen molar-refractivity contribution in [2.24, 2.45) is 0 Å². The summed E-state index contributed by atoms with van der Waals surface area (Å²) in [5.41, 5.74) is 1.51. The van der Waals surface area contributed by atoms with E-state index in [0.29, 0.717) is 48.6 Å². The van der Waals surface area contributed by atoms with Crippen molar-refractivity contribution in [2.45, 2.75) is 39.2 Å². The van der Waals surface area contributed by atoms with Crippen molar-refractivity contribution >= 4 is 5.91 Å². The van der Waals surface area contributed by atoms with E-state index in [1.54, 1.807) is 17.0 Å². The molecule has 0 saturated heterocycles. The molecule has 1 aromatic carbocycles. The van der Waals surface area contributed by atoms with Crippen molar-refractivity contribution < 1.29 is 9.18 Å². The van der Waals surface area contributed by atoms with Gasteiger partial charge in [-0.25, -0.2) is 9.37 Å². The highest BCUT2D eigenvalue weighted by Gasteiger charge is 2.24. The Balaban J connectivity index is 1.87. The van der Waals surface area contributed by atoms with Gasteiger partial charge in [0.15, 0.2) is 0 Å². The lowest BCUT2D eigenvalue weighted by molar-refractivity contribution is -0.132. The molecule has 3 rings (SSSR count). The molecule has 1 aliphatic heterocycles. The Morgan fingerprint density at radius 1 is 1.42 bits per heavy atom. The van der Waals surface area contributed by atoms with E-state index in [1.165, 1.54) is 12.1 Å². The molecule has 2 aromatic rings. The normalized spacial score (nSPS) is 13.7. The second-order valence-electron chi connectivity index (χ2n) is 6.02. The van der Waals surface area contributed by atoms with Crippen LogP contribution in [-0.4, -0.2) is 27.3 Å². The van der Waals surface area contributed by atoms with Gasteiger partial charge in [-0.1, -0.05) is 25.5 Å². The van der Waals surface area contributed by atoms with Gasteiger partial charge in [-0.2, -0.15) is 0 Å². The summed E-state index contributed by atoms with van der Waals surface area (Å²) >= 11 is 0. The fourth-order valence-corrected chi connectivity index (χ4v) is 2.90. The quantitative estimate of drug-likeness (QED) is 0.938.